The van der Waals surface area contributed by atoms with Gasteiger partial charge in [0.25, 0.3) is 5.91 Å². The number of thiazole rings is 1. The highest BCUT2D eigenvalue weighted by Gasteiger charge is 2.20. The summed E-state index contributed by atoms with van der Waals surface area (Å²) < 4.78 is 6.74. The lowest BCUT2D eigenvalue weighted by molar-refractivity contribution is -0.123. The van der Waals surface area contributed by atoms with Gasteiger partial charge >= 0.3 is 0 Å². The minimum absolute atomic E-state index is 0.00671. The Kier molecular flexibility index (Phi) is 7.27. The molecule has 1 N–H and O–H groups in total. The summed E-state index contributed by atoms with van der Waals surface area (Å²) in [4.78, 5) is 21.7. The average molecular weight is 459 g/mol. The number of aryl methyl sites for hydroxylation is 1. The molecule has 0 radical (unpaired) electrons. The Hall–Kier alpha value is -2.35. The zero-order valence-corrected chi connectivity index (χ0v) is 19.2. The number of halogens is 1. The molecule has 0 spiro atoms. The molecule has 0 unspecified atom stereocenters. The van der Waals surface area contributed by atoms with Crippen LogP contribution in [0.15, 0.2) is 42.5 Å². The summed E-state index contributed by atoms with van der Waals surface area (Å²) >= 11 is 7.62. The van der Waals surface area contributed by atoms with E-state index in [9.17, 15) is 4.79 Å². The highest BCUT2D eigenvalue weighted by molar-refractivity contribution is 7.22. The summed E-state index contributed by atoms with van der Waals surface area (Å²) in [5.74, 6) is 0.520. The van der Waals surface area contributed by atoms with Gasteiger partial charge in [-0.2, -0.15) is 0 Å². The van der Waals surface area contributed by atoms with Gasteiger partial charge in [0.15, 0.2) is 11.7 Å². The molecule has 4 rings (SSSR count). The van der Waals surface area contributed by atoms with Crippen molar-refractivity contribution in [1.29, 1.82) is 0 Å². The topological polar surface area (TPSA) is 57.7 Å². The Bertz CT molecular complexity index is 1020. The number of amides is 1. The third-order valence-corrected chi connectivity index (χ3v) is 6.78. The predicted octanol–water partition coefficient (Wildman–Crippen LogP) is 3.83. The quantitative estimate of drug-likeness (QED) is 0.556. The monoisotopic (exact) mass is 458 g/mol. The number of carbonyl (C=O) groups excluding carboxylic acids is 1. The Morgan fingerprint density at radius 1 is 1.16 bits per heavy atom. The van der Waals surface area contributed by atoms with Gasteiger partial charge in [-0.1, -0.05) is 42.0 Å². The van der Waals surface area contributed by atoms with Crippen LogP contribution in [0.1, 0.15) is 12.5 Å². The summed E-state index contributed by atoms with van der Waals surface area (Å²) in [6.07, 6.45) is 1.00. The van der Waals surface area contributed by atoms with Crippen molar-refractivity contribution in [2.75, 3.05) is 50.8 Å². The van der Waals surface area contributed by atoms with Gasteiger partial charge < -0.3 is 15.0 Å². The van der Waals surface area contributed by atoms with Gasteiger partial charge in [0.1, 0.15) is 5.75 Å². The van der Waals surface area contributed by atoms with Crippen molar-refractivity contribution in [1.82, 2.24) is 15.2 Å². The minimum atomic E-state index is -0.116. The summed E-state index contributed by atoms with van der Waals surface area (Å²) in [6.45, 7) is 7.47. The Morgan fingerprint density at radius 2 is 1.94 bits per heavy atom. The van der Waals surface area contributed by atoms with Gasteiger partial charge in [-0.25, -0.2) is 4.98 Å². The molecule has 0 saturated carbocycles. The van der Waals surface area contributed by atoms with Crippen molar-refractivity contribution in [2.45, 2.75) is 13.3 Å². The van der Waals surface area contributed by atoms with E-state index in [1.807, 2.05) is 0 Å². The molecule has 164 valence electrons. The van der Waals surface area contributed by atoms with Crippen molar-refractivity contribution in [2.24, 2.45) is 0 Å². The van der Waals surface area contributed by atoms with E-state index in [1.54, 1.807) is 35.6 Å². The van der Waals surface area contributed by atoms with E-state index in [4.69, 9.17) is 21.3 Å². The van der Waals surface area contributed by atoms with Gasteiger partial charge in [-0.3, -0.25) is 9.69 Å². The van der Waals surface area contributed by atoms with Crippen molar-refractivity contribution >= 4 is 44.2 Å². The molecule has 1 saturated heterocycles. The number of fused-ring (bicyclic) bond motifs is 1. The number of rotatable bonds is 8. The highest BCUT2D eigenvalue weighted by Crippen LogP contribution is 2.31. The third kappa shape index (κ3) is 5.67. The van der Waals surface area contributed by atoms with Crippen LogP contribution in [0.25, 0.3) is 10.2 Å². The molecule has 1 amide bonds. The summed E-state index contributed by atoms with van der Waals surface area (Å²) in [5.41, 5.74) is 2.46. The van der Waals surface area contributed by atoms with Gasteiger partial charge in [-0.15, -0.1) is 0 Å². The van der Waals surface area contributed by atoms with Crippen LogP contribution in [0, 0.1) is 0 Å². The van der Waals surface area contributed by atoms with E-state index < -0.39 is 0 Å². The first-order chi connectivity index (χ1) is 15.1. The smallest absolute Gasteiger partial charge is 0.257 e. The fourth-order valence-corrected chi connectivity index (χ4v) is 4.85. The van der Waals surface area contributed by atoms with Crippen LogP contribution < -0.4 is 15.0 Å². The van der Waals surface area contributed by atoms with Crippen LogP contribution in [-0.4, -0.2) is 61.7 Å². The van der Waals surface area contributed by atoms with Crippen LogP contribution in [0.3, 0.4) is 0 Å². The highest BCUT2D eigenvalue weighted by atomic mass is 35.5. The summed E-state index contributed by atoms with van der Waals surface area (Å²) in [6, 6.07) is 13.4. The number of ether oxygens (including phenoxy) is 1. The summed E-state index contributed by atoms with van der Waals surface area (Å²) in [5, 5.41) is 4.69. The normalized spacial score (nSPS) is 14.7. The lowest BCUT2D eigenvalue weighted by atomic mass is 10.1. The maximum Gasteiger partial charge on any atom is 0.257 e. The first kappa shape index (κ1) is 21.9. The molecule has 6 nitrogen and oxygen atoms in total. The van der Waals surface area contributed by atoms with Gasteiger partial charge in [0.05, 0.1) is 10.2 Å². The van der Waals surface area contributed by atoms with E-state index in [-0.39, 0.29) is 12.5 Å². The van der Waals surface area contributed by atoms with Crippen LogP contribution in [0.2, 0.25) is 5.02 Å². The molecule has 31 heavy (non-hydrogen) atoms. The number of carbonyl (C=O) groups is 1. The van der Waals surface area contributed by atoms with E-state index >= 15 is 0 Å². The zero-order chi connectivity index (χ0) is 21.6. The molecule has 1 aliphatic heterocycles. The van der Waals surface area contributed by atoms with E-state index in [1.165, 1.54) is 10.3 Å². The molecule has 0 atom stereocenters. The lowest BCUT2D eigenvalue weighted by Gasteiger charge is -2.34. The lowest BCUT2D eigenvalue weighted by Crippen LogP contribution is -2.48. The predicted molar refractivity (Wildman–Crippen MR) is 128 cm³/mol. The van der Waals surface area contributed by atoms with Gasteiger partial charge in [-0.05, 0) is 42.3 Å². The first-order valence-corrected chi connectivity index (χ1v) is 11.8. The molecule has 1 fully saturated rings. The number of aromatic nitrogens is 1. The largest absolute Gasteiger partial charge is 0.484 e. The third-order valence-electron chi connectivity index (χ3n) is 5.45. The molecule has 3 aromatic rings. The number of para-hydroxylation sites is 1. The van der Waals surface area contributed by atoms with E-state index in [0.29, 0.717) is 17.3 Å². The fraction of sp³-hybridized carbons (Fsp3) is 0.391. The number of anilines is 1. The number of nitrogens with one attached hydrogen (secondary N) is 1. The molecule has 2 aromatic carbocycles. The van der Waals surface area contributed by atoms with Crippen molar-refractivity contribution < 1.29 is 9.53 Å². The van der Waals surface area contributed by atoms with Crippen LogP contribution in [-0.2, 0) is 11.2 Å². The van der Waals surface area contributed by atoms with Gasteiger partial charge in [0.2, 0.25) is 0 Å². The molecule has 0 aliphatic carbocycles. The fourth-order valence-electron chi connectivity index (χ4n) is 3.66. The molecule has 2 heterocycles. The average Bonchev–Trinajstić information content (AvgIpc) is 3.24. The van der Waals surface area contributed by atoms with Crippen LogP contribution in [0.5, 0.6) is 5.75 Å². The van der Waals surface area contributed by atoms with Crippen LogP contribution >= 0.6 is 22.9 Å². The van der Waals surface area contributed by atoms with E-state index in [0.717, 1.165) is 49.8 Å². The Labute approximate surface area is 191 Å². The molecule has 8 heteroatoms. The number of nitrogens with zero attached hydrogens (tertiary/aromatic N) is 3. The second-order valence-electron chi connectivity index (χ2n) is 7.54. The molecule has 0 bridgehead atoms. The SMILES string of the molecule is CCc1cccc2sc(N3CCN(CCNC(=O)COc4ccc(Cl)cc4)CC3)nc12. The minimum Gasteiger partial charge on any atom is -0.484 e. The molecular formula is C23H27ClN4O2S. The van der Waals surface area contributed by atoms with Crippen LogP contribution in [0.4, 0.5) is 5.13 Å². The number of hydrogen-bond acceptors (Lipinski definition) is 6. The number of piperazine rings is 1. The molecule has 1 aromatic heterocycles. The second kappa shape index (κ2) is 10.3. The zero-order valence-electron chi connectivity index (χ0n) is 17.6. The number of benzene rings is 2. The van der Waals surface area contributed by atoms with Crippen molar-refractivity contribution in [3.05, 3.63) is 53.1 Å². The molecular weight excluding hydrogens is 432 g/mol. The maximum atomic E-state index is 12.0. The van der Waals surface area contributed by atoms with Crippen molar-refractivity contribution in [3.8, 4) is 5.75 Å². The van der Waals surface area contributed by atoms with E-state index in [2.05, 4.69) is 40.2 Å². The maximum absolute atomic E-state index is 12.0. The molecule has 1 aliphatic rings. The Balaban J connectivity index is 1.18. The number of hydrogen-bond donors (Lipinski definition) is 1. The van der Waals surface area contributed by atoms with Gasteiger partial charge in [0, 0.05) is 44.3 Å². The summed E-state index contributed by atoms with van der Waals surface area (Å²) in [7, 11) is 0. The van der Waals surface area contributed by atoms with Crippen molar-refractivity contribution in [3.63, 3.8) is 0 Å². The first-order valence-electron chi connectivity index (χ1n) is 10.6. The second-order valence-corrected chi connectivity index (χ2v) is 8.98. The Morgan fingerprint density at radius 3 is 2.68 bits per heavy atom. The standard InChI is InChI=1S/C23H27ClN4O2S/c1-2-17-4-3-5-20-22(17)26-23(31-20)28-14-12-27(13-15-28)11-10-25-21(29)16-30-19-8-6-18(24)7-9-19/h3-9H,2,10-16H2,1H3,(H,25,29).